The Hall–Kier alpha value is -5.06. The molecule has 3 aliphatic heterocycles. The van der Waals surface area contributed by atoms with Crippen LogP contribution in [-0.4, -0.2) is 97.3 Å². The topological polar surface area (TPSA) is 200 Å². The van der Waals surface area contributed by atoms with E-state index in [0.29, 0.717) is 6.54 Å². The molecule has 1 fully saturated rings. The Kier molecular flexibility index (Phi) is 10.3. The van der Waals surface area contributed by atoms with Crippen LogP contribution in [0.25, 0.3) is 0 Å². The van der Waals surface area contributed by atoms with Crippen molar-refractivity contribution >= 4 is 39.1 Å². The summed E-state index contributed by atoms with van der Waals surface area (Å²) in [5.41, 5.74) is -1.48. The maximum Gasteiger partial charge on any atom is 0.250 e. The number of Topliss-reactive ketones (excluding diaryl/α,β-unsaturated/α-hetero) is 2. The number of carbonyl (C=O) groups excluding carboxylic acids is 3. The summed E-state index contributed by atoms with van der Waals surface area (Å²) < 4.78 is 52.7. The molecule has 1 amide bonds. The highest BCUT2D eigenvalue weighted by Gasteiger charge is 2.61. The van der Waals surface area contributed by atoms with Crippen molar-refractivity contribution in [2.75, 3.05) is 46.7 Å². The number of aliphatic hydroxyl groups excluding tert-OH is 1. The number of nitrogens with one attached hydrogen (secondary N) is 1. The van der Waals surface area contributed by atoms with Gasteiger partial charge in [0.1, 0.15) is 22.1 Å². The third kappa shape index (κ3) is 6.46. The number of hydrogen-bond acceptors (Lipinski definition) is 12. The number of ether oxygens (including phenoxy) is 4. The number of aromatic nitrogens is 1. The summed E-state index contributed by atoms with van der Waals surface area (Å²) in [6.07, 6.45) is 0.0370. The molecule has 1 aromatic heterocycles. The average molecular weight is 812 g/mol. The number of hydrogen-bond donors (Lipinski definition) is 3. The Balaban J connectivity index is 1.16. The van der Waals surface area contributed by atoms with Gasteiger partial charge in [-0.25, -0.2) is 12.7 Å². The number of benzene rings is 2. The van der Waals surface area contributed by atoms with E-state index in [1.54, 1.807) is 17.6 Å². The number of nitrogens with zero attached hydrogens (tertiary/aromatic N) is 2. The van der Waals surface area contributed by atoms with E-state index < -0.39 is 62.9 Å². The number of halogens is 1. The highest BCUT2D eigenvalue weighted by atomic mass is 35.5. The predicted molar refractivity (Wildman–Crippen MR) is 203 cm³/mol. The molecular formula is C39H42ClN3O12S. The van der Waals surface area contributed by atoms with Gasteiger partial charge in [-0.15, -0.1) is 0 Å². The second-order valence-corrected chi connectivity index (χ2v) is 17.1. The van der Waals surface area contributed by atoms with Crippen LogP contribution in [0, 0.1) is 11.8 Å². The van der Waals surface area contributed by atoms with E-state index in [1.807, 2.05) is 6.07 Å². The van der Waals surface area contributed by atoms with Crippen LogP contribution in [0.4, 0.5) is 0 Å². The van der Waals surface area contributed by atoms with Crippen LogP contribution in [0.3, 0.4) is 0 Å². The smallest absolute Gasteiger partial charge is 0.250 e. The van der Waals surface area contributed by atoms with Gasteiger partial charge in [0.2, 0.25) is 27.3 Å². The van der Waals surface area contributed by atoms with Gasteiger partial charge in [0.05, 0.1) is 27.1 Å². The van der Waals surface area contributed by atoms with Crippen molar-refractivity contribution in [3.8, 4) is 28.7 Å². The number of aliphatic hydroxyl groups is 1. The molecule has 0 saturated carbocycles. The van der Waals surface area contributed by atoms with Crippen LogP contribution in [-0.2, 0) is 26.2 Å². The summed E-state index contributed by atoms with van der Waals surface area (Å²) in [4.78, 5) is 54.5. The van der Waals surface area contributed by atoms with Gasteiger partial charge in [-0.3, -0.25) is 19.2 Å². The molecule has 3 aromatic rings. The van der Waals surface area contributed by atoms with Crippen molar-refractivity contribution in [3.05, 3.63) is 86.0 Å². The number of carbonyl (C=O) groups is 3. The molecule has 1 unspecified atom stereocenters. The first kappa shape index (κ1) is 39.2. The molecule has 4 heterocycles. The molecule has 1 saturated heterocycles. The summed E-state index contributed by atoms with van der Waals surface area (Å²) in [5.74, 6) is -5.40. The molecule has 298 valence electrons. The summed E-state index contributed by atoms with van der Waals surface area (Å²) in [7, 11) is 0.199. The fourth-order valence-electron chi connectivity index (χ4n) is 8.62. The van der Waals surface area contributed by atoms with Crippen LogP contribution >= 0.6 is 11.6 Å². The van der Waals surface area contributed by atoms with Gasteiger partial charge in [-0.2, -0.15) is 0 Å². The Morgan fingerprint density at radius 2 is 1.75 bits per heavy atom. The van der Waals surface area contributed by atoms with Gasteiger partial charge >= 0.3 is 0 Å². The minimum absolute atomic E-state index is 0.0217. The van der Waals surface area contributed by atoms with Crippen molar-refractivity contribution in [1.82, 2.24) is 14.2 Å². The summed E-state index contributed by atoms with van der Waals surface area (Å²) in [6.45, 7) is 2.21. The van der Waals surface area contributed by atoms with E-state index in [4.69, 9.17) is 30.5 Å². The monoisotopic (exact) mass is 811 g/mol. The predicted octanol–water partition coefficient (Wildman–Crippen LogP) is 3.71. The zero-order chi connectivity index (χ0) is 40.3. The second-order valence-electron chi connectivity index (χ2n) is 14.6. The molecule has 56 heavy (non-hydrogen) atoms. The lowest BCUT2D eigenvalue weighted by molar-refractivity contribution is -0.121. The van der Waals surface area contributed by atoms with E-state index in [9.17, 15) is 37.8 Å². The molecule has 2 aromatic carbocycles. The Morgan fingerprint density at radius 1 is 1.02 bits per heavy atom. The molecule has 15 nitrogen and oxygen atoms in total. The minimum atomic E-state index is -3.83. The number of allylic oxidation sites excluding steroid dienone is 1. The number of sulfonamides is 1. The van der Waals surface area contributed by atoms with Crippen LogP contribution < -0.4 is 29.8 Å². The number of phenols is 1. The molecule has 17 heteroatoms. The molecule has 0 radical (unpaired) electrons. The lowest BCUT2D eigenvalue weighted by Gasteiger charge is -2.42. The maximum atomic E-state index is 14.4. The van der Waals surface area contributed by atoms with E-state index >= 15 is 0 Å². The second kappa shape index (κ2) is 14.8. The van der Waals surface area contributed by atoms with Crippen molar-refractivity contribution in [1.29, 1.82) is 0 Å². The van der Waals surface area contributed by atoms with Gasteiger partial charge in [-0.1, -0.05) is 30.7 Å². The number of fused-ring (bicyclic) bond motifs is 5. The first-order chi connectivity index (χ1) is 26.6. The number of methoxy groups -OCH3 is 3. The van der Waals surface area contributed by atoms with Crippen LogP contribution in [0.2, 0.25) is 5.02 Å². The normalized spacial score (nSPS) is 23.6. The minimum Gasteiger partial charge on any atom is -0.507 e. The third-order valence-electron chi connectivity index (χ3n) is 11.4. The molecule has 4 aliphatic rings. The summed E-state index contributed by atoms with van der Waals surface area (Å²) in [5, 5.41) is 25.1. The molecule has 3 N–H and O–H groups in total. The van der Waals surface area contributed by atoms with Gasteiger partial charge in [0.15, 0.2) is 28.8 Å². The highest BCUT2D eigenvalue weighted by Crippen LogP contribution is 2.56. The number of ketones is 2. The van der Waals surface area contributed by atoms with Gasteiger partial charge in [-0.05, 0) is 36.1 Å². The van der Waals surface area contributed by atoms with Gasteiger partial charge in [0.25, 0.3) is 5.56 Å². The zero-order valence-electron chi connectivity index (χ0n) is 31.2. The first-order valence-corrected chi connectivity index (χ1v) is 20.1. The summed E-state index contributed by atoms with van der Waals surface area (Å²) in [6, 6.07) is 10.6. The van der Waals surface area contributed by atoms with Crippen LogP contribution in [0.15, 0.2) is 58.6 Å². The lowest BCUT2D eigenvalue weighted by Crippen LogP contribution is -2.53. The number of rotatable bonds is 11. The number of aromatic hydroxyl groups is 1. The standard InChI is InChI=1S/C39H42ClN3O12S/c1-20-12-27(45)33(37(48)39(20)38(49)34-29(53-3)16-30(54-4)35(40)36(34)55-39)24(22-8-9-26(44)28(14-22)52-2)15-31(46)41-10-11-56(50,51)42-17-21-13-23(19-42)25-6-5-7-32(47)43(25)18-21/h5-9,14,16,20-21,23-24,44,48H,10-13,15,17-19H2,1-4H3,(H,41,46)/t20-,21-,23+,24?,39+/m1/s1. The Bertz CT molecular complexity index is 2340. The SMILES string of the molecule is COc1cc(C(CC(=O)NCCS(=O)(=O)N2C[C@H]3C[C@@H](C2)c2cccc(=O)n2C3)C2=C(O)[C@@]3(Oc4c(Cl)c(OC)cc(OC)c4C3=O)[C@H](C)CC2=O)ccc1O. The van der Waals surface area contributed by atoms with Crippen molar-refractivity contribution in [2.45, 2.75) is 50.2 Å². The largest absolute Gasteiger partial charge is 0.507 e. The fraction of sp³-hybridized carbons (Fsp3) is 0.436. The molecule has 2 bridgehead atoms. The Morgan fingerprint density at radius 3 is 2.46 bits per heavy atom. The number of phenolic OH excluding ortho intramolecular Hbond substituents is 1. The number of amides is 1. The van der Waals surface area contributed by atoms with Crippen molar-refractivity contribution in [3.63, 3.8) is 0 Å². The number of piperidine rings is 1. The van der Waals surface area contributed by atoms with Gasteiger partial charge in [0, 0.05) is 80.2 Å². The molecule has 7 rings (SSSR count). The van der Waals surface area contributed by atoms with E-state index in [0.717, 1.165) is 12.1 Å². The molecule has 1 aliphatic carbocycles. The van der Waals surface area contributed by atoms with Crippen molar-refractivity contribution in [2.24, 2.45) is 11.8 Å². The average Bonchev–Trinajstić information content (AvgIpc) is 3.48. The lowest BCUT2D eigenvalue weighted by atomic mass is 9.69. The Labute approximate surface area is 327 Å². The van der Waals surface area contributed by atoms with E-state index in [-0.39, 0.29) is 93.9 Å². The van der Waals surface area contributed by atoms with Gasteiger partial charge < -0.3 is 39.0 Å². The van der Waals surface area contributed by atoms with E-state index in [2.05, 4.69) is 5.32 Å². The fourth-order valence-corrected chi connectivity index (χ4v) is 10.3. The zero-order valence-corrected chi connectivity index (χ0v) is 32.7. The molecular weight excluding hydrogens is 770 g/mol. The van der Waals surface area contributed by atoms with E-state index in [1.165, 1.54) is 56.0 Å². The summed E-state index contributed by atoms with van der Waals surface area (Å²) >= 11 is 6.60. The first-order valence-electron chi connectivity index (χ1n) is 18.1. The van der Waals surface area contributed by atoms with Crippen LogP contribution in [0.1, 0.15) is 59.6 Å². The number of pyridine rings is 1. The highest BCUT2D eigenvalue weighted by molar-refractivity contribution is 7.89. The van der Waals surface area contributed by atoms with Crippen molar-refractivity contribution < 1.29 is 52.0 Å². The quantitative estimate of drug-likeness (QED) is 0.254. The third-order valence-corrected chi connectivity index (χ3v) is 13.5. The molecule has 5 atom stereocenters. The molecule has 1 spiro atoms. The maximum absolute atomic E-state index is 14.4. The van der Waals surface area contributed by atoms with Crippen LogP contribution in [0.5, 0.6) is 28.7 Å².